The van der Waals surface area contributed by atoms with Gasteiger partial charge in [0.1, 0.15) is 18.8 Å². The summed E-state index contributed by atoms with van der Waals surface area (Å²) in [6.07, 6.45) is 0. The first-order valence-corrected chi connectivity index (χ1v) is 7.19. The Morgan fingerprint density at radius 2 is 1.96 bits per heavy atom. The Morgan fingerprint density at radius 1 is 1.26 bits per heavy atom. The lowest BCUT2D eigenvalue weighted by Gasteiger charge is -2.18. The first kappa shape index (κ1) is 17.0. The van der Waals surface area contributed by atoms with Gasteiger partial charge < -0.3 is 24.8 Å². The first-order chi connectivity index (χ1) is 11.1. The molecule has 0 atom stereocenters. The predicted octanol–water partition coefficient (Wildman–Crippen LogP) is 0.332. The van der Waals surface area contributed by atoms with E-state index in [4.69, 9.17) is 14.2 Å². The summed E-state index contributed by atoms with van der Waals surface area (Å²) < 4.78 is 15.6. The summed E-state index contributed by atoms with van der Waals surface area (Å²) in [7, 11) is 1.60. The molecule has 1 aromatic rings. The van der Waals surface area contributed by atoms with Crippen LogP contribution in [0.2, 0.25) is 0 Å². The Hall–Kier alpha value is -2.39. The van der Waals surface area contributed by atoms with Crippen LogP contribution in [0, 0.1) is 10.1 Å². The Bertz CT molecular complexity index is 578. The number of amides is 1. The number of nitro groups is 1. The minimum Gasteiger partial charge on any atom is -0.486 e. The maximum atomic E-state index is 12.2. The van der Waals surface area contributed by atoms with Gasteiger partial charge in [-0.1, -0.05) is 0 Å². The van der Waals surface area contributed by atoms with Crippen LogP contribution in [-0.2, 0) is 4.74 Å². The molecule has 0 bridgehead atoms. The second-order valence-electron chi connectivity index (χ2n) is 4.77. The number of carbonyl (C=O) groups excluding carboxylic acids is 1. The van der Waals surface area contributed by atoms with Crippen LogP contribution in [0.5, 0.6) is 11.5 Å². The third-order valence-electron chi connectivity index (χ3n) is 3.17. The van der Waals surface area contributed by atoms with Crippen LogP contribution in [0.15, 0.2) is 12.1 Å². The van der Waals surface area contributed by atoms with Crippen LogP contribution in [0.25, 0.3) is 0 Å². The molecule has 9 nitrogen and oxygen atoms in total. The number of benzene rings is 1. The summed E-state index contributed by atoms with van der Waals surface area (Å²) in [6.45, 7) is 2.78. The second kappa shape index (κ2) is 8.30. The molecule has 0 fully saturated rings. The molecule has 0 unspecified atom stereocenters. The smallest absolute Gasteiger partial charge is 0.286 e. The van der Waals surface area contributed by atoms with Crippen molar-refractivity contribution in [3.05, 3.63) is 27.8 Å². The Morgan fingerprint density at radius 3 is 2.61 bits per heavy atom. The topological polar surface area (TPSA) is 112 Å². The molecular weight excluding hydrogens is 306 g/mol. The molecule has 1 aliphatic heterocycles. The van der Waals surface area contributed by atoms with Gasteiger partial charge in [0.25, 0.3) is 11.6 Å². The SMILES string of the molecule is COCCNCCNC(=O)c1cc2c(cc1[N+](=O)[O-])OCCO2. The number of hydrogen-bond donors (Lipinski definition) is 2. The number of nitro benzene ring substituents is 1. The highest BCUT2D eigenvalue weighted by molar-refractivity contribution is 5.99. The van der Waals surface area contributed by atoms with Crippen LogP contribution in [0.3, 0.4) is 0 Å². The van der Waals surface area contributed by atoms with Crippen molar-refractivity contribution in [2.75, 3.05) is 46.6 Å². The van der Waals surface area contributed by atoms with Crippen LogP contribution >= 0.6 is 0 Å². The monoisotopic (exact) mass is 325 g/mol. The zero-order chi connectivity index (χ0) is 16.7. The van der Waals surface area contributed by atoms with Crippen molar-refractivity contribution >= 4 is 11.6 Å². The number of ether oxygens (including phenoxy) is 3. The highest BCUT2D eigenvalue weighted by Gasteiger charge is 2.26. The number of carbonyl (C=O) groups is 1. The second-order valence-corrected chi connectivity index (χ2v) is 4.77. The lowest BCUT2D eigenvalue weighted by Crippen LogP contribution is -2.33. The number of nitrogens with zero attached hydrogens (tertiary/aromatic N) is 1. The summed E-state index contributed by atoms with van der Waals surface area (Å²) >= 11 is 0. The summed E-state index contributed by atoms with van der Waals surface area (Å²) in [5, 5.41) is 16.9. The molecule has 0 saturated carbocycles. The fourth-order valence-electron chi connectivity index (χ4n) is 2.07. The molecule has 1 aromatic carbocycles. The summed E-state index contributed by atoms with van der Waals surface area (Å²) in [4.78, 5) is 22.7. The average Bonchev–Trinajstić information content (AvgIpc) is 2.56. The maximum Gasteiger partial charge on any atom is 0.286 e. The van der Waals surface area contributed by atoms with Crippen molar-refractivity contribution < 1.29 is 23.9 Å². The van der Waals surface area contributed by atoms with Gasteiger partial charge in [-0.15, -0.1) is 0 Å². The Kier molecular flexibility index (Phi) is 6.12. The number of fused-ring (bicyclic) bond motifs is 1. The van der Waals surface area contributed by atoms with E-state index in [1.54, 1.807) is 7.11 Å². The van der Waals surface area contributed by atoms with E-state index < -0.39 is 10.8 Å². The van der Waals surface area contributed by atoms with Gasteiger partial charge in [-0.2, -0.15) is 0 Å². The predicted molar refractivity (Wildman–Crippen MR) is 81.2 cm³/mol. The van der Waals surface area contributed by atoms with Crippen molar-refractivity contribution in [1.82, 2.24) is 10.6 Å². The van der Waals surface area contributed by atoms with Crippen molar-refractivity contribution in [3.8, 4) is 11.5 Å². The molecule has 0 spiro atoms. The third kappa shape index (κ3) is 4.54. The Balaban J connectivity index is 2.02. The van der Waals surface area contributed by atoms with Gasteiger partial charge in [-0.3, -0.25) is 14.9 Å². The molecule has 2 rings (SSSR count). The van der Waals surface area contributed by atoms with Gasteiger partial charge in [0, 0.05) is 32.8 Å². The molecule has 9 heteroatoms. The molecule has 126 valence electrons. The number of nitrogens with one attached hydrogen (secondary N) is 2. The molecule has 1 heterocycles. The largest absolute Gasteiger partial charge is 0.486 e. The molecule has 0 aliphatic carbocycles. The first-order valence-electron chi connectivity index (χ1n) is 7.19. The molecule has 0 radical (unpaired) electrons. The van der Waals surface area contributed by atoms with Crippen LogP contribution in [0.4, 0.5) is 5.69 Å². The summed E-state index contributed by atoms with van der Waals surface area (Å²) in [5.74, 6) is 0.0909. The lowest BCUT2D eigenvalue weighted by molar-refractivity contribution is -0.385. The summed E-state index contributed by atoms with van der Waals surface area (Å²) in [5.41, 5.74) is -0.352. The molecule has 2 N–H and O–H groups in total. The molecule has 0 saturated heterocycles. The highest BCUT2D eigenvalue weighted by atomic mass is 16.6. The van der Waals surface area contributed by atoms with Crippen LogP contribution in [-0.4, -0.2) is 57.4 Å². The van der Waals surface area contributed by atoms with Crippen molar-refractivity contribution in [1.29, 1.82) is 0 Å². The van der Waals surface area contributed by atoms with E-state index in [1.807, 2.05) is 0 Å². The quantitative estimate of drug-likeness (QED) is 0.402. The fourth-order valence-corrected chi connectivity index (χ4v) is 2.07. The van der Waals surface area contributed by atoms with Crippen molar-refractivity contribution in [2.45, 2.75) is 0 Å². The lowest BCUT2D eigenvalue weighted by atomic mass is 10.1. The molecule has 1 amide bonds. The molecular formula is C14H19N3O6. The number of methoxy groups -OCH3 is 1. The highest BCUT2D eigenvalue weighted by Crippen LogP contribution is 2.36. The standard InChI is InChI=1S/C14H19N3O6/c1-21-5-4-15-2-3-16-14(18)10-8-12-13(23-7-6-22-12)9-11(10)17(19)20/h8-9,15H,2-7H2,1H3,(H,16,18). The zero-order valence-electron chi connectivity index (χ0n) is 12.8. The average molecular weight is 325 g/mol. The Labute approximate surface area is 133 Å². The van der Waals surface area contributed by atoms with Crippen molar-refractivity contribution in [3.63, 3.8) is 0 Å². The van der Waals surface area contributed by atoms with E-state index in [0.29, 0.717) is 45.2 Å². The molecule has 0 aromatic heterocycles. The van der Waals surface area contributed by atoms with Gasteiger partial charge >= 0.3 is 0 Å². The third-order valence-corrected chi connectivity index (χ3v) is 3.17. The fraction of sp³-hybridized carbons (Fsp3) is 0.500. The van der Waals surface area contributed by atoms with E-state index >= 15 is 0 Å². The van der Waals surface area contributed by atoms with E-state index in [2.05, 4.69) is 10.6 Å². The van der Waals surface area contributed by atoms with E-state index in [0.717, 1.165) is 0 Å². The van der Waals surface area contributed by atoms with Gasteiger partial charge in [-0.25, -0.2) is 0 Å². The van der Waals surface area contributed by atoms with Gasteiger partial charge in [0.15, 0.2) is 11.5 Å². The number of hydrogen-bond acceptors (Lipinski definition) is 7. The van der Waals surface area contributed by atoms with Gasteiger partial charge in [0.05, 0.1) is 17.6 Å². The molecule has 1 aliphatic rings. The van der Waals surface area contributed by atoms with E-state index in [9.17, 15) is 14.9 Å². The normalized spacial score (nSPS) is 12.7. The number of rotatable bonds is 8. The summed E-state index contributed by atoms with van der Waals surface area (Å²) in [6, 6.07) is 2.57. The van der Waals surface area contributed by atoms with Crippen LogP contribution in [0.1, 0.15) is 10.4 Å². The van der Waals surface area contributed by atoms with Gasteiger partial charge in [-0.05, 0) is 0 Å². The maximum absolute atomic E-state index is 12.2. The van der Waals surface area contributed by atoms with Crippen LogP contribution < -0.4 is 20.1 Å². The minimum atomic E-state index is -0.607. The zero-order valence-corrected chi connectivity index (χ0v) is 12.8. The van der Waals surface area contributed by atoms with Gasteiger partial charge in [0.2, 0.25) is 0 Å². The van der Waals surface area contributed by atoms with E-state index in [1.165, 1.54) is 12.1 Å². The molecule has 23 heavy (non-hydrogen) atoms. The van der Waals surface area contributed by atoms with E-state index in [-0.39, 0.29) is 17.0 Å². The van der Waals surface area contributed by atoms with Crippen molar-refractivity contribution in [2.24, 2.45) is 0 Å². The minimum absolute atomic E-state index is 0.0452.